The predicted molar refractivity (Wildman–Crippen MR) is 75.7 cm³/mol. The maximum atomic E-state index is 13.6. The van der Waals surface area contributed by atoms with Crippen LogP contribution in [0.5, 0.6) is 0 Å². The van der Waals surface area contributed by atoms with Gasteiger partial charge in [-0.1, -0.05) is 19.9 Å². The molecule has 1 N–H and O–H groups in total. The Labute approximate surface area is 115 Å². The Morgan fingerprint density at radius 2 is 2.21 bits per heavy atom. The summed E-state index contributed by atoms with van der Waals surface area (Å²) in [6.45, 7) is 8.02. The van der Waals surface area contributed by atoms with E-state index in [0.29, 0.717) is 5.92 Å². The lowest BCUT2D eigenvalue weighted by molar-refractivity contribution is 0.0606. The zero-order chi connectivity index (χ0) is 13.8. The van der Waals surface area contributed by atoms with Gasteiger partial charge in [0, 0.05) is 6.61 Å². The largest absolute Gasteiger partial charge is 0.376 e. The summed E-state index contributed by atoms with van der Waals surface area (Å²) in [6, 6.07) is 5.35. The highest BCUT2D eigenvalue weighted by Crippen LogP contribution is 2.32. The molecule has 1 saturated heterocycles. The maximum absolute atomic E-state index is 13.6. The van der Waals surface area contributed by atoms with Crippen molar-refractivity contribution in [2.75, 3.05) is 13.2 Å². The number of aryl methyl sites for hydroxylation is 1. The van der Waals surface area contributed by atoms with Crippen LogP contribution < -0.4 is 5.32 Å². The van der Waals surface area contributed by atoms with Gasteiger partial charge in [-0.15, -0.1) is 0 Å². The van der Waals surface area contributed by atoms with E-state index in [1.165, 1.54) is 0 Å². The smallest absolute Gasteiger partial charge is 0.123 e. The van der Waals surface area contributed by atoms with E-state index in [1.54, 1.807) is 12.1 Å². The van der Waals surface area contributed by atoms with Crippen LogP contribution in [0.3, 0.4) is 0 Å². The summed E-state index contributed by atoms with van der Waals surface area (Å²) in [5.74, 6) is 0.349. The first-order valence-electron chi connectivity index (χ1n) is 7.24. The standard InChI is InChI=1S/C16H24FNO/c1-4-6-18-15(16-12(3)5-7-19-16)13-8-11(2)9-14(17)10-13/h8-10,12,15-16,18H,4-7H2,1-3H3. The van der Waals surface area contributed by atoms with E-state index in [-0.39, 0.29) is 18.0 Å². The Bertz CT molecular complexity index is 401. The second-order valence-corrected chi connectivity index (χ2v) is 5.60. The van der Waals surface area contributed by atoms with Crippen molar-refractivity contribution in [1.29, 1.82) is 0 Å². The first-order valence-corrected chi connectivity index (χ1v) is 7.24. The first-order chi connectivity index (χ1) is 9.11. The van der Waals surface area contributed by atoms with Crippen LogP contribution in [0.25, 0.3) is 0 Å². The van der Waals surface area contributed by atoms with Crippen molar-refractivity contribution >= 4 is 0 Å². The van der Waals surface area contributed by atoms with Crippen molar-refractivity contribution in [3.05, 3.63) is 35.1 Å². The van der Waals surface area contributed by atoms with Gasteiger partial charge < -0.3 is 10.1 Å². The fraction of sp³-hybridized carbons (Fsp3) is 0.625. The van der Waals surface area contributed by atoms with E-state index in [2.05, 4.69) is 25.2 Å². The van der Waals surface area contributed by atoms with Gasteiger partial charge in [0.05, 0.1) is 12.1 Å². The Balaban J connectivity index is 2.25. The molecule has 3 atom stereocenters. The summed E-state index contributed by atoms with van der Waals surface area (Å²) in [5.41, 5.74) is 1.97. The van der Waals surface area contributed by atoms with Gasteiger partial charge >= 0.3 is 0 Å². The van der Waals surface area contributed by atoms with Gasteiger partial charge in [0.15, 0.2) is 0 Å². The molecule has 3 unspecified atom stereocenters. The molecule has 1 heterocycles. The molecule has 0 amide bonds. The number of benzene rings is 1. The minimum absolute atomic E-state index is 0.0897. The maximum Gasteiger partial charge on any atom is 0.123 e. The van der Waals surface area contributed by atoms with Crippen LogP contribution in [0.15, 0.2) is 18.2 Å². The lowest BCUT2D eigenvalue weighted by Crippen LogP contribution is -2.35. The van der Waals surface area contributed by atoms with Gasteiger partial charge in [-0.25, -0.2) is 4.39 Å². The molecule has 1 aromatic rings. The molecule has 1 aliphatic rings. The molecule has 1 fully saturated rings. The summed E-state index contributed by atoms with van der Waals surface area (Å²) in [6.07, 6.45) is 2.29. The molecule has 2 rings (SSSR count). The number of hydrogen-bond donors (Lipinski definition) is 1. The quantitative estimate of drug-likeness (QED) is 0.878. The highest BCUT2D eigenvalue weighted by Gasteiger charge is 2.32. The van der Waals surface area contributed by atoms with Crippen LogP contribution in [0.4, 0.5) is 4.39 Å². The molecule has 19 heavy (non-hydrogen) atoms. The molecule has 2 nitrogen and oxygen atoms in total. The highest BCUT2D eigenvalue weighted by molar-refractivity contribution is 5.27. The number of ether oxygens (including phenoxy) is 1. The Kier molecular flexibility index (Phi) is 4.94. The van der Waals surface area contributed by atoms with Crippen molar-refractivity contribution in [2.45, 2.75) is 45.8 Å². The molecule has 0 saturated carbocycles. The van der Waals surface area contributed by atoms with Gasteiger partial charge in [0.25, 0.3) is 0 Å². The summed E-state index contributed by atoms with van der Waals surface area (Å²) in [4.78, 5) is 0. The molecule has 0 aliphatic carbocycles. The van der Waals surface area contributed by atoms with E-state index < -0.39 is 0 Å². The Morgan fingerprint density at radius 1 is 1.42 bits per heavy atom. The number of rotatable bonds is 5. The van der Waals surface area contributed by atoms with E-state index in [1.807, 2.05) is 6.92 Å². The normalized spacial score (nSPS) is 24.6. The molecule has 106 valence electrons. The second-order valence-electron chi connectivity index (χ2n) is 5.60. The van der Waals surface area contributed by atoms with Gasteiger partial charge in [0.1, 0.15) is 5.82 Å². The number of hydrogen-bond acceptors (Lipinski definition) is 2. The molecule has 1 aromatic carbocycles. The molecule has 0 spiro atoms. The minimum atomic E-state index is -0.163. The number of nitrogens with one attached hydrogen (secondary N) is 1. The van der Waals surface area contributed by atoms with E-state index in [0.717, 1.165) is 37.1 Å². The molecule has 0 aromatic heterocycles. The lowest BCUT2D eigenvalue weighted by atomic mass is 9.91. The zero-order valence-electron chi connectivity index (χ0n) is 12.1. The molecule has 1 aliphatic heterocycles. The van der Waals surface area contributed by atoms with Crippen LogP contribution in [-0.2, 0) is 4.74 Å². The SMILES string of the molecule is CCCNC(c1cc(C)cc(F)c1)C1OCCC1C. The van der Waals surface area contributed by atoms with Crippen LogP contribution in [-0.4, -0.2) is 19.3 Å². The molecular weight excluding hydrogens is 241 g/mol. The van der Waals surface area contributed by atoms with Crippen molar-refractivity contribution in [3.63, 3.8) is 0 Å². The zero-order valence-corrected chi connectivity index (χ0v) is 12.1. The Morgan fingerprint density at radius 3 is 2.79 bits per heavy atom. The van der Waals surface area contributed by atoms with E-state index in [4.69, 9.17) is 4.74 Å². The van der Waals surface area contributed by atoms with E-state index >= 15 is 0 Å². The third-order valence-corrected chi connectivity index (χ3v) is 3.81. The van der Waals surface area contributed by atoms with Crippen LogP contribution in [0.1, 0.15) is 43.9 Å². The summed E-state index contributed by atoms with van der Waals surface area (Å²) in [7, 11) is 0. The van der Waals surface area contributed by atoms with Gasteiger partial charge in [-0.3, -0.25) is 0 Å². The predicted octanol–water partition coefficient (Wildman–Crippen LogP) is 3.60. The summed E-state index contributed by atoms with van der Waals surface area (Å²) >= 11 is 0. The third kappa shape index (κ3) is 3.54. The van der Waals surface area contributed by atoms with Gasteiger partial charge in [-0.05, 0) is 55.5 Å². The van der Waals surface area contributed by atoms with Gasteiger partial charge in [0.2, 0.25) is 0 Å². The molecular formula is C16H24FNO. The van der Waals surface area contributed by atoms with Crippen molar-refractivity contribution in [2.24, 2.45) is 5.92 Å². The van der Waals surface area contributed by atoms with Crippen LogP contribution in [0, 0.1) is 18.7 Å². The first kappa shape index (κ1) is 14.5. The van der Waals surface area contributed by atoms with Crippen molar-refractivity contribution in [3.8, 4) is 0 Å². The molecule has 0 radical (unpaired) electrons. The summed E-state index contributed by atoms with van der Waals surface area (Å²) in [5, 5.41) is 3.52. The average Bonchev–Trinajstić information content (AvgIpc) is 2.75. The number of halogens is 1. The summed E-state index contributed by atoms with van der Waals surface area (Å²) < 4.78 is 19.5. The molecule has 0 bridgehead atoms. The van der Waals surface area contributed by atoms with Crippen molar-refractivity contribution in [1.82, 2.24) is 5.32 Å². The third-order valence-electron chi connectivity index (χ3n) is 3.81. The fourth-order valence-corrected chi connectivity index (χ4v) is 2.81. The topological polar surface area (TPSA) is 21.3 Å². The van der Waals surface area contributed by atoms with Crippen LogP contribution >= 0.6 is 0 Å². The van der Waals surface area contributed by atoms with Crippen molar-refractivity contribution < 1.29 is 9.13 Å². The van der Waals surface area contributed by atoms with Crippen LogP contribution in [0.2, 0.25) is 0 Å². The minimum Gasteiger partial charge on any atom is -0.376 e. The highest BCUT2D eigenvalue weighted by atomic mass is 19.1. The fourth-order valence-electron chi connectivity index (χ4n) is 2.81. The van der Waals surface area contributed by atoms with E-state index in [9.17, 15) is 4.39 Å². The average molecular weight is 265 g/mol. The monoisotopic (exact) mass is 265 g/mol. The van der Waals surface area contributed by atoms with Gasteiger partial charge in [-0.2, -0.15) is 0 Å². The molecule has 3 heteroatoms. The second kappa shape index (κ2) is 6.49. The Hall–Kier alpha value is -0.930. The lowest BCUT2D eigenvalue weighted by Gasteiger charge is -2.28.